The van der Waals surface area contributed by atoms with Gasteiger partial charge in [-0.1, -0.05) is 6.07 Å². The molecule has 1 unspecified atom stereocenters. The SMILES string of the molecule is C[C@H](O)c1ccc(N2CCC(N3CCCC3)C2)nc1. The summed E-state index contributed by atoms with van der Waals surface area (Å²) in [4.78, 5) is 9.49. The zero-order chi connectivity index (χ0) is 13.2. The third kappa shape index (κ3) is 2.74. The van der Waals surface area contributed by atoms with Crippen LogP contribution in [0.15, 0.2) is 18.3 Å². The Labute approximate surface area is 115 Å². The minimum Gasteiger partial charge on any atom is -0.389 e. The van der Waals surface area contributed by atoms with Crippen molar-refractivity contribution in [2.24, 2.45) is 0 Å². The van der Waals surface area contributed by atoms with Crippen LogP contribution >= 0.6 is 0 Å². The molecule has 1 aromatic rings. The highest BCUT2D eigenvalue weighted by molar-refractivity contribution is 5.41. The first kappa shape index (κ1) is 12.9. The highest BCUT2D eigenvalue weighted by atomic mass is 16.3. The van der Waals surface area contributed by atoms with E-state index >= 15 is 0 Å². The summed E-state index contributed by atoms with van der Waals surface area (Å²) in [5.74, 6) is 1.05. The molecule has 1 N–H and O–H groups in total. The first-order valence-corrected chi connectivity index (χ1v) is 7.37. The normalized spacial score (nSPS) is 26.0. The first-order valence-electron chi connectivity index (χ1n) is 7.37. The number of hydrogen-bond acceptors (Lipinski definition) is 4. The van der Waals surface area contributed by atoms with Crippen molar-refractivity contribution >= 4 is 5.82 Å². The summed E-state index contributed by atoms with van der Waals surface area (Å²) >= 11 is 0. The van der Waals surface area contributed by atoms with Crippen molar-refractivity contribution < 1.29 is 5.11 Å². The number of rotatable bonds is 3. The van der Waals surface area contributed by atoms with Crippen LogP contribution in [-0.2, 0) is 0 Å². The molecule has 0 bridgehead atoms. The van der Waals surface area contributed by atoms with Crippen LogP contribution in [0.4, 0.5) is 5.82 Å². The molecule has 3 rings (SSSR count). The van der Waals surface area contributed by atoms with Crippen LogP contribution in [0.2, 0.25) is 0 Å². The Kier molecular flexibility index (Phi) is 3.71. The average Bonchev–Trinajstić information content (AvgIpc) is 3.10. The van der Waals surface area contributed by atoms with E-state index in [1.807, 2.05) is 12.1 Å². The van der Waals surface area contributed by atoms with Crippen LogP contribution in [0.3, 0.4) is 0 Å². The minimum atomic E-state index is -0.433. The lowest BCUT2D eigenvalue weighted by Crippen LogP contribution is -2.35. The molecule has 0 radical (unpaired) electrons. The fraction of sp³-hybridized carbons (Fsp3) is 0.667. The van der Waals surface area contributed by atoms with Crippen LogP contribution in [0.5, 0.6) is 0 Å². The number of likely N-dealkylation sites (tertiary alicyclic amines) is 1. The maximum atomic E-state index is 9.51. The van der Waals surface area contributed by atoms with Gasteiger partial charge in [0, 0.05) is 25.3 Å². The third-order valence-electron chi connectivity index (χ3n) is 4.40. The van der Waals surface area contributed by atoms with Gasteiger partial charge in [-0.3, -0.25) is 4.90 Å². The Bertz CT molecular complexity index is 412. The van der Waals surface area contributed by atoms with E-state index in [-0.39, 0.29) is 0 Å². The molecule has 4 heteroatoms. The zero-order valence-electron chi connectivity index (χ0n) is 11.6. The molecule has 2 aliphatic heterocycles. The molecule has 2 aliphatic rings. The first-order chi connectivity index (χ1) is 9.24. The van der Waals surface area contributed by atoms with Crippen molar-refractivity contribution in [3.8, 4) is 0 Å². The van der Waals surface area contributed by atoms with Crippen molar-refractivity contribution in [2.45, 2.75) is 38.3 Å². The fourth-order valence-corrected chi connectivity index (χ4v) is 3.19. The quantitative estimate of drug-likeness (QED) is 0.901. The molecule has 1 aromatic heterocycles. The highest BCUT2D eigenvalue weighted by Gasteiger charge is 2.29. The lowest BCUT2D eigenvalue weighted by Gasteiger charge is -2.24. The topological polar surface area (TPSA) is 39.6 Å². The summed E-state index contributed by atoms with van der Waals surface area (Å²) < 4.78 is 0. The number of aromatic nitrogens is 1. The van der Waals surface area contributed by atoms with E-state index in [4.69, 9.17) is 0 Å². The molecule has 104 valence electrons. The second-order valence-electron chi connectivity index (χ2n) is 5.76. The van der Waals surface area contributed by atoms with E-state index in [0.717, 1.165) is 24.5 Å². The maximum absolute atomic E-state index is 9.51. The van der Waals surface area contributed by atoms with E-state index in [0.29, 0.717) is 6.04 Å². The van der Waals surface area contributed by atoms with Crippen molar-refractivity contribution in [1.82, 2.24) is 9.88 Å². The minimum absolute atomic E-state index is 0.433. The maximum Gasteiger partial charge on any atom is 0.128 e. The summed E-state index contributed by atoms with van der Waals surface area (Å²) in [7, 11) is 0. The molecule has 0 saturated carbocycles. The van der Waals surface area contributed by atoms with Gasteiger partial charge in [0.2, 0.25) is 0 Å². The van der Waals surface area contributed by atoms with Gasteiger partial charge in [0.15, 0.2) is 0 Å². The smallest absolute Gasteiger partial charge is 0.128 e. The number of pyridine rings is 1. The Balaban J connectivity index is 1.63. The van der Waals surface area contributed by atoms with E-state index < -0.39 is 6.10 Å². The van der Waals surface area contributed by atoms with Gasteiger partial charge < -0.3 is 10.0 Å². The zero-order valence-corrected chi connectivity index (χ0v) is 11.6. The Morgan fingerprint density at radius 2 is 2.05 bits per heavy atom. The van der Waals surface area contributed by atoms with Crippen molar-refractivity contribution in [3.05, 3.63) is 23.9 Å². The average molecular weight is 261 g/mol. The van der Waals surface area contributed by atoms with E-state index in [9.17, 15) is 5.11 Å². The van der Waals surface area contributed by atoms with Gasteiger partial charge in [-0.2, -0.15) is 0 Å². The molecule has 3 heterocycles. The fourth-order valence-electron chi connectivity index (χ4n) is 3.19. The van der Waals surface area contributed by atoms with Gasteiger partial charge in [0.25, 0.3) is 0 Å². The molecule has 19 heavy (non-hydrogen) atoms. The molecular weight excluding hydrogens is 238 g/mol. The number of aliphatic hydroxyl groups excluding tert-OH is 1. The van der Waals surface area contributed by atoms with Crippen LogP contribution in [0.1, 0.15) is 37.9 Å². The molecule has 0 amide bonds. The van der Waals surface area contributed by atoms with Gasteiger partial charge in [0.1, 0.15) is 5.82 Å². The summed E-state index contributed by atoms with van der Waals surface area (Å²) in [5, 5.41) is 9.51. The largest absolute Gasteiger partial charge is 0.389 e. The molecule has 2 atom stereocenters. The monoisotopic (exact) mass is 261 g/mol. The lowest BCUT2D eigenvalue weighted by molar-refractivity contribution is 0.199. The third-order valence-corrected chi connectivity index (χ3v) is 4.40. The van der Waals surface area contributed by atoms with Gasteiger partial charge in [-0.15, -0.1) is 0 Å². The van der Waals surface area contributed by atoms with Gasteiger partial charge >= 0.3 is 0 Å². The molecule has 2 fully saturated rings. The highest BCUT2D eigenvalue weighted by Crippen LogP contribution is 2.24. The van der Waals surface area contributed by atoms with E-state index in [1.165, 1.54) is 32.4 Å². The Morgan fingerprint density at radius 1 is 1.26 bits per heavy atom. The van der Waals surface area contributed by atoms with Gasteiger partial charge in [-0.25, -0.2) is 4.98 Å². The standard InChI is InChI=1S/C15H23N3O/c1-12(19)13-4-5-15(16-10-13)18-9-6-14(11-18)17-7-2-3-8-17/h4-5,10,12,14,19H,2-3,6-9,11H2,1H3/t12-,14?/m0/s1. The summed E-state index contributed by atoms with van der Waals surface area (Å²) in [5.41, 5.74) is 0.888. The van der Waals surface area contributed by atoms with Crippen molar-refractivity contribution in [2.75, 3.05) is 31.1 Å². The molecule has 0 spiro atoms. The molecule has 0 aromatic carbocycles. The van der Waals surface area contributed by atoms with E-state index in [2.05, 4.69) is 14.8 Å². The summed E-state index contributed by atoms with van der Waals surface area (Å²) in [6.45, 7) is 6.51. The second-order valence-corrected chi connectivity index (χ2v) is 5.76. The number of anilines is 1. The van der Waals surface area contributed by atoms with Crippen LogP contribution < -0.4 is 4.90 Å². The molecule has 0 aliphatic carbocycles. The van der Waals surface area contributed by atoms with Crippen molar-refractivity contribution in [1.29, 1.82) is 0 Å². The molecule has 4 nitrogen and oxygen atoms in total. The van der Waals surface area contributed by atoms with Crippen LogP contribution in [0.25, 0.3) is 0 Å². The van der Waals surface area contributed by atoms with Crippen LogP contribution in [-0.4, -0.2) is 47.2 Å². The predicted molar refractivity (Wildman–Crippen MR) is 76.3 cm³/mol. The predicted octanol–water partition coefficient (Wildman–Crippen LogP) is 1.81. The number of nitrogens with zero attached hydrogens (tertiary/aromatic N) is 3. The number of hydrogen-bond donors (Lipinski definition) is 1. The van der Waals surface area contributed by atoms with Crippen LogP contribution in [0, 0.1) is 0 Å². The van der Waals surface area contributed by atoms with E-state index in [1.54, 1.807) is 13.1 Å². The molecule has 2 saturated heterocycles. The van der Waals surface area contributed by atoms with Gasteiger partial charge in [0.05, 0.1) is 6.10 Å². The lowest BCUT2D eigenvalue weighted by atomic mass is 10.2. The second kappa shape index (κ2) is 5.47. The van der Waals surface area contributed by atoms with Crippen molar-refractivity contribution in [3.63, 3.8) is 0 Å². The Hall–Kier alpha value is -1.13. The Morgan fingerprint density at radius 3 is 2.68 bits per heavy atom. The summed E-state index contributed by atoms with van der Waals surface area (Å²) in [6.07, 6.45) is 5.33. The summed E-state index contributed by atoms with van der Waals surface area (Å²) in [6, 6.07) is 4.73. The number of aliphatic hydroxyl groups is 1. The molecular formula is C15H23N3O. The van der Waals surface area contributed by atoms with Gasteiger partial charge in [-0.05, 0) is 50.9 Å².